The quantitative estimate of drug-likeness (QED) is 0.516. The van der Waals surface area contributed by atoms with Gasteiger partial charge >= 0.3 is 0 Å². The fourth-order valence-electron chi connectivity index (χ4n) is 1.47. The van der Waals surface area contributed by atoms with E-state index in [1.807, 2.05) is 24.3 Å². The number of halogens is 1. The van der Waals surface area contributed by atoms with Gasteiger partial charge < -0.3 is 9.72 Å². The van der Waals surface area contributed by atoms with E-state index in [1.54, 1.807) is 6.92 Å². The maximum Gasteiger partial charge on any atom is 0.251 e. The van der Waals surface area contributed by atoms with E-state index in [0.29, 0.717) is 11.8 Å². The second kappa shape index (κ2) is 6.77. The number of nitrogens with zero attached hydrogens (tertiary/aromatic N) is 1. The minimum atomic E-state index is -0.122. The molecule has 0 amide bonds. The Morgan fingerprint density at radius 3 is 3.00 bits per heavy atom. The van der Waals surface area contributed by atoms with Crippen LogP contribution in [0.2, 0.25) is 0 Å². The predicted molar refractivity (Wildman–Crippen MR) is 80.0 cm³/mol. The third kappa shape index (κ3) is 4.72. The van der Waals surface area contributed by atoms with Crippen LogP contribution in [0.4, 0.5) is 0 Å². The van der Waals surface area contributed by atoms with Crippen LogP contribution in [0.25, 0.3) is 0 Å². The largest absolute Gasteiger partial charge is 0.493 e. The number of aryl methyl sites for hydroxylation is 1. The Morgan fingerprint density at radius 1 is 1.42 bits per heavy atom. The van der Waals surface area contributed by atoms with E-state index < -0.39 is 0 Å². The highest BCUT2D eigenvalue weighted by atomic mass is 79.9. The van der Waals surface area contributed by atoms with Gasteiger partial charge in [0.2, 0.25) is 0 Å². The first kappa shape index (κ1) is 14.1. The molecule has 19 heavy (non-hydrogen) atoms. The summed E-state index contributed by atoms with van der Waals surface area (Å²) in [6.45, 7) is 2.36. The van der Waals surface area contributed by atoms with Crippen LogP contribution in [0.15, 0.2) is 44.8 Å². The van der Waals surface area contributed by atoms with Gasteiger partial charge in [-0.05, 0) is 25.1 Å². The van der Waals surface area contributed by atoms with E-state index in [1.165, 1.54) is 17.8 Å². The molecule has 4 nitrogen and oxygen atoms in total. The Labute approximate surface area is 123 Å². The van der Waals surface area contributed by atoms with Crippen molar-refractivity contribution in [2.45, 2.75) is 12.1 Å². The molecular formula is C13H13BrN2O2S. The highest BCUT2D eigenvalue weighted by Crippen LogP contribution is 2.18. The van der Waals surface area contributed by atoms with Crippen LogP contribution in [-0.2, 0) is 0 Å². The summed E-state index contributed by atoms with van der Waals surface area (Å²) in [4.78, 5) is 18.2. The van der Waals surface area contributed by atoms with Crippen molar-refractivity contribution in [3.8, 4) is 5.75 Å². The molecule has 0 bridgehead atoms. The third-order valence-electron chi connectivity index (χ3n) is 2.23. The number of hydrogen-bond donors (Lipinski definition) is 1. The summed E-state index contributed by atoms with van der Waals surface area (Å²) >= 11 is 4.86. The van der Waals surface area contributed by atoms with Crippen molar-refractivity contribution in [2.24, 2.45) is 0 Å². The average molecular weight is 341 g/mol. The van der Waals surface area contributed by atoms with Crippen molar-refractivity contribution in [2.75, 3.05) is 12.4 Å². The van der Waals surface area contributed by atoms with Crippen molar-refractivity contribution in [1.29, 1.82) is 0 Å². The summed E-state index contributed by atoms with van der Waals surface area (Å²) in [6.07, 6.45) is 0. The highest BCUT2D eigenvalue weighted by Gasteiger charge is 2.00. The normalized spacial score (nSPS) is 10.4. The number of nitrogens with one attached hydrogen (secondary N) is 1. The van der Waals surface area contributed by atoms with E-state index >= 15 is 0 Å². The number of aromatic nitrogens is 2. The monoisotopic (exact) mass is 340 g/mol. The summed E-state index contributed by atoms with van der Waals surface area (Å²) in [7, 11) is 0. The number of H-pyrrole nitrogens is 1. The Morgan fingerprint density at radius 2 is 2.26 bits per heavy atom. The molecule has 0 aliphatic rings. The summed E-state index contributed by atoms with van der Waals surface area (Å²) in [5, 5.41) is 0.628. The molecule has 0 unspecified atom stereocenters. The molecule has 6 heteroatoms. The molecule has 0 spiro atoms. The van der Waals surface area contributed by atoms with Gasteiger partial charge in [0.15, 0.2) is 5.16 Å². The van der Waals surface area contributed by atoms with E-state index in [2.05, 4.69) is 25.9 Å². The lowest BCUT2D eigenvalue weighted by Gasteiger charge is -2.06. The molecule has 0 saturated carbocycles. The zero-order chi connectivity index (χ0) is 13.7. The number of aromatic amines is 1. The van der Waals surface area contributed by atoms with Gasteiger partial charge in [0.25, 0.3) is 5.56 Å². The van der Waals surface area contributed by atoms with Crippen LogP contribution in [0.5, 0.6) is 5.75 Å². The summed E-state index contributed by atoms with van der Waals surface area (Å²) < 4.78 is 6.59. The van der Waals surface area contributed by atoms with Crippen LogP contribution >= 0.6 is 27.7 Å². The van der Waals surface area contributed by atoms with Gasteiger partial charge in [-0.2, -0.15) is 0 Å². The SMILES string of the molecule is Cc1cc(=O)[nH]c(SCCOc2cccc(Br)c2)n1. The van der Waals surface area contributed by atoms with Crippen molar-refractivity contribution in [1.82, 2.24) is 9.97 Å². The van der Waals surface area contributed by atoms with E-state index in [4.69, 9.17) is 4.74 Å². The fraction of sp³-hybridized carbons (Fsp3) is 0.231. The van der Waals surface area contributed by atoms with Gasteiger partial charge in [0.05, 0.1) is 6.61 Å². The van der Waals surface area contributed by atoms with E-state index in [0.717, 1.165) is 21.7 Å². The van der Waals surface area contributed by atoms with Crippen LogP contribution in [-0.4, -0.2) is 22.3 Å². The third-order valence-corrected chi connectivity index (χ3v) is 3.57. The topological polar surface area (TPSA) is 55.0 Å². The van der Waals surface area contributed by atoms with Crippen molar-refractivity contribution in [3.63, 3.8) is 0 Å². The predicted octanol–water partition coefficient (Wildman–Crippen LogP) is 3.01. The molecule has 2 aromatic rings. The molecule has 0 aliphatic carbocycles. The molecule has 0 saturated heterocycles. The molecule has 0 fully saturated rings. The minimum Gasteiger partial charge on any atom is -0.493 e. The molecule has 100 valence electrons. The Kier molecular flexibility index (Phi) is 5.04. The minimum absolute atomic E-state index is 0.122. The second-order valence-corrected chi connectivity index (χ2v) is 5.85. The van der Waals surface area contributed by atoms with Crippen molar-refractivity contribution >= 4 is 27.7 Å². The van der Waals surface area contributed by atoms with Crippen LogP contribution in [0, 0.1) is 6.92 Å². The zero-order valence-corrected chi connectivity index (χ0v) is 12.8. The first-order chi connectivity index (χ1) is 9.13. The van der Waals surface area contributed by atoms with Gasteiger partial charge in [-0.15, -0.1) is 0 Å². The molecule has 1 heterocycles. The lowest BCUT2D eigenvalue weighted by Crippen LogP contribution is -2.09. The first-order valence-corrected chi connectivity index (χ1v) is 7.50. The fourth-order valence-corrected chi connectivity index (χ4v) is 2.59. The summed E-state index contributed by atoms with van der Waals surface area (Å²) in [5.74, 6) is 1.54. The lowest BCUT2D eigenvalue weighted by molar-refractivity contribution is 0.343. The average Bonchev–Trinajstić information content (AvgIpc) is 2.34. The van der Waals surface area contributed by atoms with Crippen LogP contribution in [0.1, 0.15) is 5.69 Å². The number of rotatable bonds is 5. The Hall–Kier alpha value is -1.27. The van der Waals surface area contributed by atoms with Crippen molar-refractivity contribution in [3.05, 3.63) is 50.9 Å². The standard InChI is InChI=1S/C13H13BrN2O2S/c1-9-7-12(17)16-13(15-9)19-6-5-18-11-4-2-3-10(14)8-11/h2-4,7-8H,5-6H2,1H3,(H,15,16,17). The molecule has 1 aromatic heterocycles. The van der Waals surface area contributed by atoms with Gasteiger partial charge in [0.1, 0.15) is 5.75 Å². The Bertz CT molecular complexity index is 616. The molecule has 0 atom stereocenters. The molecule has 1 N–H and O–H groups in total. The maximum absolute atomic E-state index is 11.3. The number of thioether (sulfide) groups is 1. The molecular weight excluding hydrogens is 328 g/mol. The Balaban J connectivity index is 1.82. The number of ether oxygens (including phenoxy) is 1. The van der Waals surface area contributed by atoms with Gasteiger partial charge in [-0.1, -0.05) is 33.8 Å². The second-order valence-electron chi connectivity index (χ2n) is 3.85. The number of benzene rings is 1. The van der Waals surface area contributed by atoms with E-state index in [-0.39, 0.29) is 5.56 Å². The molecule has 1 aromatic carbocycles. The summed E-state index contributed by atoms with van der Waals surface area (Å²) in [5.41, 5.74) is 0.599. The zero-order valence-electron chi connectivity index (χ0n) is 10.4. The first-order valence-electron chi connectivity index (χ1n) is 5.72. The van der Waals surface area contributed by atoms with Crippen LogP contribution < -0.4 is 10.3 Å². The highest BCUT2D eigenvalue weighted by molar-refractivity contribution is 9.10. The van der Waals surface area contributed by atoms with Gasteiger partial charge in [-0.25, -0.2) is 4.98 Å². The van der Waals surface area contributed by atoms with Gasteiger partial charge in [0, 0.05) is 22.0 Å². The molecule has 0 radical (unpaired) electrons. The van der Waals surface area contributed by atoms with Gasteiger partial charge in [-0.3, -0.25) is 4.79 Å². The smallest absolute Gasteiger partial charge is 0.251 e. The van der Waals surface area contributed by atoms with Crippen molar-refractivity contribution < 1.29 is 4.74 Å². The van der Waals surface area contributed by atoms with E-state index in [9.17, 15) is 4.79 Å². The molecule has 0 aliphatic heterocycles. The lowest BCUT2D eigenvalue weighted by atomic mass is 10.3. The van der Waals surface area contributed by atoms with Crippen LogP contribution in [0.3, 0.4) is 0 Å². The summed E-state index contributed by atoms with van der Waals surface area (Å²) in [6, 6.07) is 9.16. The maximum atomic E-state index is 11.3. The molecule has 2 rings (SSSR count). The number of hydrogen-bond acceptors (Lipinski definition) is 4.